The number of nitrogens with zero attached hydrogens (tertiary/aromatic N) is 1. The van der Waals surface area contributed by atoms with Crippen molar-refractivity contribution in [3.05, 3.63) is 0 Å². The zero-order chi connectivity index (χ0) is 6.69. The van der Waals surface area contributed by atoms with Crippen LogP contribution >= 0.6 is 0 Å². The van der Waals surface area contributed by atoms with Gasteiger partial charge in [0.1, 0.15) is 0 Å². The summed E-state index contributed by atoms with van der Waals surface area (Å²) in [6.45, 7) is 3.71. The van der Waals surface area contributed by atoms with Gasteiger partial charge in [0.05, 0.1) is 0 Å². The van der Waals surface area contributed by atoms with E-state index in [1.54, 1.807) is 5.01 Å². The van der Waals surface area contributed by atoms with E-state index in [0.717, 1.165) is 19.5 Å². The van der Waals surface area contributed by atoms with Crippen LogP contribution in [0, 0.1) is 0 Å². The molecule has 1 rings (SSSR count). The van der Waals surface area contributed by atoms with Crippen molar-refractivity contribution in [3.8, 4) is 0 Å². The maximum absolute atomic E-state index is 10.9. The van der Waals surface area contributed by atoms with Crippen LogP contribution in [0.25, 0.3) is 0 Å². The van der Waals surface area contributed by atoms with Crippen LogP contribution in [-0.4, -0.2) is 24.0 Å². The van der Waals surface area contributed by atoms with Gasteiger partial charge in [-0.05, 0) is 6.42 Å². The smallest absolute Gasteiger partial charge is 0.236 e. The molecule has 0 atom stereocenters. The topological polar surface area (TPSA) is 32.3 Å². The molecule has 0 aromatic heterocycles. The van der Waals surface area contributed by atoms with Crippen LogP contribution in [-0.2, 0) is 4.79 Å². The summed E-state index contributed by atoms with van der Waals surface area (Å²) >= 11 is 0. The SMILES string of the molecule is CCC(=O)N1CCCN1. The molecule has 0 radical (unpaired) electrons. The average Bonchev–Trinajstić information content (AvgIpc) is 2.37. The lowest BCUT2D eigenvalue weighted by Crippen LogP contribution is -2.36. The summed E-state index contributed by atoms with van der Waals surface area (Å²) in [6, 6.07) is 0. The minimum Gasteiger partial charge on any atom is -0.278 e. The van der Waals surface area contributed by atoms with E-state index >= 15 is 0 Å². The summed E-state index contributed by atoms with van der Waals surface area (Å²) in [5.41, 5.74) is 2.99. The molecule has 1 amide bonds. The van der Waals surface area contributed by atoms with E-state index in [4.69, 9.17) is 0 Å². The number of rotatable bonds is 1. The highest BCUT2D eigenvalue weighted by Crippen LogP contribution is 1.97. The van der Waals surface area contributed by atoms with Crippen LogP contribution in [0.15, 0.2) is 0 Å². The Morgan fingerprint density at radius 3 is 3.00 bits per heavy atom. The number of hydrazine groups is 1. The van der Waals surface area contributed by atoms with E-state index < -0.39 is 0 Å². The monoisotopic (exact) mass is 128 g/mol. The largest absolute Gasteiger partial charge is 0.278 e. The molecule has 1 aliphatic heterocycles. The molecule has 1 saturated heterocycles. The maximum atomic E-state index is 10.9. The summed E-state index contributed by atoms with van der Waals surface area (Å²) in [4.78, 5) is 10.9. The summed E-state index contributed by atoms with van der Waals surface area (Å²) < 4.78 is 0. The fourth-order valence-corrected chi connectivity index (χ4v) is 0.934. The van der Waals surface area contributed by atoms with Crippen LogP contribution in [0.5, 0.6) is 0 Å². The van der Waals surface area contributed by atoms with E-state index in [0.29, 0.717) is 6.42 Å². The molecule has 0 aliphatic carbocycles. The van der Waals surface area contributed by atoms with E-state index in [1.807, 2.05) is 6.92 Å². The number of nitrogens with one attached hydrogen (secondary N) is 1. The Balaban J connectivity index is 2.32. The first kappa shape index (κ1) is 6.55. The lowest BCUT2D eigenvalue weighted by molar-refractivity contribution is -0.132. The minimum absolute atomic E-state index is 0.201. The van der Waals surface area contributed by atoms with Crippen molar-refractivity contribution in [2.45, 2.75) is 19.8 Å². The quantitative estimate of drug-likeness (QED) is 0.544. The molecule has 0 saturated carbocycles. The number of hydrogen-bond acceptors (Lipinski definition) is 2. The highest BCUT2D eigenvalue weighted by molar-refractivity contribution is 5.75. The molecule has 3 heteroatoms. The van der Waals surface area contributed by atoms with E-state index in [1.165, 1.54) is 0 Å². The van der Waals surface area contributed by atoms with Gasteiger partial charge in [-0.1, -0.05) is 6.92 Å². The fraction of sp³-hybridized carbons (Fsp3) is 0.833. The van der Waals surface area contributed by atoms with Gasteiger partial charge in [-0.15, -0.1) is 0 Å². The molecule has 0 unspecified atom stereocenters. The standard InChI is InChI=1S/C6H12N2O/c1-2-6(9)8-5-3-4-7-8/h7H,2-5H2,1H3. The highest BCUT2D eigenvalue weighted by atomic mass is 16.2. The lowest BCUT2D eigenvalue weighted by Gasteiger charge is -2.13. The molecular weight excluding hydrogens is 116 g/mol. The molecule has 1 fully saturated rings. The van der Waals surface area contributed by atoms with Gasteiger partial charge in [0.2, 0.25) is 5.91 Å². The zero-order valence-electron chi connectivity index (χ0n) is 5.68. The lowest BCUT2D eigenvalue weighted by atomic mass is 10.4. The molecular formula is C6H12N2O. The molecule has 3 nitrogen and oxygen atoms in total. The third-order valence-electron chi connectivity index (χ3n) is 1.46. The molecule has 0 aromatic carbocycles. The molecule has 0 spiro atoms. The number of amides is 1. The Kier molecular flexibility index (Phi) is 2.05. The minimum atomic E-state index is 0.201. The second-order valence-corrected chi connectivity index (χ2v) is 2.16. The maximum Gasteiger partial charge on any atom is 0.236 e. The summed E-state index contributed by atoms with van der Waals surface area (Å²) in [7, 11) is 0. The van der Waals surface area contributed by atoms with Crippen molar-refractivity contribution in [2.75, 3.05) is 13.1 Å². The summed E-state index contributed by atoms with van der Waals surface area (Å²) in [5, 5.41) is 1.69. The normalized spacial score (nSPS) is 18.6. The Labute approximate surface area is 55.0 Å². The Morgan fingerprint density at radius 2 is 2.56 bits per heavy atom. The molecule has 1 aliphatic rings. The predicted octanol–water partition coefficient (Wildman–Crippen LogP) is 0.133. The number of carbonyl (C=O) groups excluding carboxylic acids is 1. The number of hydrogen-bond donors (Lipinski definition) is 1. The third kappa shape index (κ3) is 1.42. The summed E-state index contributed by atoms with van der Waals surface area (Å²) in [6.07, 6.45) is 1.69. The Morgan fingerprint density at radius 1 is 1.78 bits per heavy atom. The van der Waals surface area contributed by atoms with Crippen molar-refractivity contribution in [3.63, 3.8) is 0 Å². The van der Waals surface area contributed by atoms with Crippen molar-refractivity contribution in [1.29, 1.82) is 0 Å². The van der Waals surface area contributed by atoms with Crippen molar-refractivity contribution in [1.82, 2.24) is 10.4 Å². The van der Waals surface area contributed by atoms with Crippen LogP contribution in [0.2, 0.25) is 0 Å². The average molecular weight is 128 g/mol. The molecule has 9 heavy (non-hydrogen) atoms. The highest BCUT2D eigenvalue weighted by Gasteiger charge is 2.14. The van der Waals surface area contributed by atoms with Gasteiger partial charge in [0.25, 0.3) is 0 Å². The fourth-order valence-electron chi connectivity index (χ4n) is 0.934. The van der Waals surface area contributed by atoms with Crippen LogP contribution < -0.4 is 5.43 Å². The molecule has 1 N–H and O–H groups in total. The van der Waals surface area contributed by atoms with Gasteiger partial charge in [-0.2, -0.15) is 0 Å². The van der Waals surface area contributed by atoms with Gasteiger partial charge >= 0.3 is 0 Å². The van der Waals surface area contributed by atoms with Gasteiger partial charge in [0, 0.05) is 19.5 Å². The second kappa shape index (κ2) is 2.82. The van der Waals surface area contributed by atoms with Gasteiger partial charge in [-0.25, -0.2) is 5.43 Å². The van der Waals surface area contributed by atoms with Crippen LogP contribution in [0.3, 0.4) is 0 Å². The Bertz CT molecular complexity index is 108. The van der Waals surface area contributed by atoms with Gasteiger partial charge in [0.15, 0.2) is 0 Å². The van der Waals surface area contributed by atoms with Crippen molar-refractivity contribution < 1.29 is 4.79 Å². The number of carbonyl (C=O) groups is 1. The first-order valence-corrected chi connectivity index (χ1v) is 3.38. The van der Waals surface area contributed by atoms with Crippen LogP contribution in [0.1, 0.15) is 19.8 Å². The van der Waals surface area contributed by atoms with E-state index in [-0.39, 0.29) is 5.91 Å². The second-order valence-electron chi connectivity index (χ2n) is 2.16. The molecule has 52 valence electrons. The third-order valence-corrected chi connectivity index (χ3v) is 1.46. The van der Waals surface area contributed by atoms with E-state index in [2.05, 4.69) is 5.43 Å². The van der Waals surface area contributed by atoms with Gasteiger partial charge < -0.3 is 0 Å². The zero-order valence-corrected chi connectivity index (χ0v) is 5.68. The predicted molar refractivity (Wildman–Crippen MR) is 34.6 cm³/mol. The molecule has 1 heterocycles. The van der Waals surface area contributed by atoms with Crippen LogP contribution in [0.4, 0.5) is 0 Å². The van der Waals surface area contributed by atoms with Crippen molar-refractivity contribution >= 4 is 5.91 Å². The molecule has 0 bridgehead atoms. The van der Waals surface area contributed by atoms with Crippen molar-refractivity contribution in [2.24, 2.45) is 0 Å². The Hall–Kier alpha value is -0.570. The first-order chi connectivity index (χ1) is 4.34. The molecule has 0 aromatic rings. The van der Waals surface area contributed by atoms with E-state index in [9.17, 15) is 4.79 Å². The summed E-state index contributed by atoms with van der Waals surface area (Å²) in [5.74, 6) is 0.201. The van der Waals surface area contributed by atoms with Gasteiger partial charge in [-0.3, -0.25) is 9.80 Å². The first-order valence-electron chi connectivity index (χ1n) is 3.38.